The molecular weight excluding hydrogens is 272 g/mol. The number of carbonyl (C=O) groups is 1. The van der Waals surface area contributed by atoms with E-state index in [1.807, 2.05) is 18.2 Å². The maximum Gasteiger partial charge on any atom is 0.306 e. The van der Waals surface area contributed by atoms with Crippen LogP contribution < -0.4 is 5.43 Å². The van der Waals surface area contributed by atoms with Gasteiger partial charge in [0.05, 0.1) is 19.4 Å². The lowest BCUT2D eigenvalue weighted by Crippen LogP contribution is -2.13. The van der Waals surface area contributed by atoms with Crippen LogP contribution in [0.3, 0.4) is 0 Å². The highest BCUT2D eigenvalue weighted by Crippen LogP contribution is 2.32. The number of carbonyl (C=O) groups excluding carboxylic acids is 1. The van der Waals surface area contributed by atoms with E-state index in [0.29, 0.717) is 5.76 Å². The Balaban J connectivity index is 2.55. The van der Waals surface area contributed by atoms with E-state index >= 15 is 0 Å². The van der Waals surface area contributed by atoms with Crippen molar-refractivity contribution in [2.45, 2.75) is 19.3 Å². The van der Waals surface area contributed by atoms with Crippen LogP contribution in [0.2, 0.25) is 0 Å². The molecule has 1 heterocycles. The molecule has 1 aromatic heterocycles. The summed E-state index contributed by atoms with van der Waals surface area (Å²) in [5.41, 5.74) is 0.228. The number of methoxy groups -OCH3 is 1. The number of ether oxygens (including phenoxy) is 1. The molecule has 2 rings (SSSR count). The van der Waals surface area contributed by atoms with Gasteiger partial charge < -0.3 is 14.3 Å². The first-order valence-corrected chi connectivity index (χ1v) is 6.48. The van der Waals surface area contributed by atoms with Gasteiger partial charge in [0.25, 0.3) is 0 Å². The maximum atomic E-state index is 11.7. The first-order valence-electron chi connectivity index (χ1n) is 6.48. The Labute approximate surface area is 121 Å². The van der Waals surface area contributed by atoms with Crippen molar-refractivity contribution in [1.29, 1.82) is 0 Å². The highest BCUT2D eigenvalue weighted by molar-refractivity contribution is 5.71. The summed E-state index contributed by atoms with van der Waals surface area (Å²) >= 11 is 0. The summed E-state index contributed by atoms with van der Waals surface area (Å²) in [4.78, 5) is 23.4. The molecule has 1 atom stereocenters. The molecule has 0 saturated heterocycles. The molecule has 5 nitrogen and oxygen atoms in total. The summed E-state index contributed by atoms with van der Waals surface area (Å²) in [5.74, 6) is -1.05. The van der Waals surface area contributed by atoms with Crippen LogP contribution in [0.25, 0.3) is 0 Å². The highest BCUT2D eigenvalue weighted by Gasteiger charge is 2.25. The van der Waals surface area contributed by atoms with Gasteiger partial charge in [-0.05, 0) is 12.5 Å². The lowest BCUT2D eigenvalue weighted by molar-refractivity contribution is -0.140. The molecule has 21 heavy (non-hydrogen) atoms. The van der Waals surface area contributed by atoms with E-state index in [9.17, 15) is 14.7 Å². The van der Waals surface area contributed by atoms with Crippen LogP contribution in [0.15, 0.2) is 45.6 Å². The number of benzene rings is 1. The molecule has 0 bridgehead atoms. The van der Waals surface area contributed by atoms with E-state index < -0.39 is 23.1 Å². The number of hydrogen-bond acceptors (Lipinski definition) is 5. The number of hydrogen-bond donors (Lipinski definition) is 1. The average molecular weight is 288 g/mol. The van der Waals surface area contributed by atoms with Crippen molar-refractivity contribution >= 4 is 5.97 Å². The molecule has 0 fully saturated rings. The first-order chi connectivity index (χ1) is 10.0. The normalized spacial score (nSPS) is 11.9. The zero-order valence-electron chi connectivity index (χ0n) is 11.8. The van der Waals surface area contributed by atoms with Crippen molar-refractivity contribution in [3.63, 3.8) is 0 Å². The van der Waals surface area contributed by atoms with Crippen LogP contribution in [0.1, 0.15) is 29.4 Å². The van der Waals surface area contributed by atoms with Crippen LogP contribution >= 0.6 is 0 Å². The van der Waals surface area contributed by atoms with E-state index in [-0.39, 0.29) is 12.2 Å². The second-order valence-electron chi connectivity index (χ2n) is 4.68. The molecule has 2 aromatic rings. The molecule has 0 aliphatic carbocycles. The first kappa shape index (κ1) is 14.8. The van der Waals surface area contributed by atoms with Gasteiger partial charge in [-0.25, -0.2) is 0 Å². The van der Waals surface area contributed by atoms with Gasteiger partial charge >= 0.3 is 5.97 Å². The van der Waals surface area contributed by atoms with Crippen molar-refractivity contribution in [2.24, 2.45) is 0 Å². The van der Waals surface area contributed by atoms with Gasteiger partial charge in [-0.3, -0.25) is 9.59 Å². The molecule has 0 saturated carbocycles. The fourth-order valence-electron chi connectivity index (χ4n) is 2.16. The molecule has 0 spiro atoms. The van der Waals surface area contributed by atoms with Crippen molar-refractivity contribution < 1.29 is 19.1 Å². The van der Waals surface area contributed by atoms with Crippen molar-refractivity contribution in [1.82, 2.24) is 0 Å². The van der Waals surface area contributed by atoms with Crippen LogP contribution in [0.5, 0.6) is 5.75 Å². The molecule has 1 N–H and O–H groups in total. The maximum absolute atomic E-state index is 11.7. The predicted octanol–water partition coefficient (Wildman–Crippen LogP) is 2.35. The molecular formula is C16H16O5. The fourth-order valence-corrected chi connectivity index (χ4v) is 2.16. The van der Waals surface area contributed by atoms with E-state index in [4.69, 9.17) is 4.42 Å². The summed E-state index contributed by atoms with van der Waals surface area (Å²) in [6.07, 6.45) is -0.0273. The Hall–Kier alpha value is -2.56. The second-order valence-corrected chi connectivity index (χ2v) is 4.68. The summed E-state index contributed by atoms with van der Waals surface area (Å²) in [5, 5.41) is 9.98. The summed E-state index contributed by atoms with van der Waals surface area (Å²) in [6.45, 7) is 1.62. The van der Waals surface area contributed by atoms with E-state index in [1.165, 1.54) is 13.2 Å². The molecule has 0 amide bonds. The Morgan fingerprint density at radius 1 is 1.33 bits per heavy atom. The average Bonchev–Trinajstić information content (AvgIpc) is 2.49. The molecule has 1 aromatic carbocycles. The predicted molar refractivity (Wildman–Crippen MR) is 76.3 cm³/mol. The highest BCUT2D eigenvalue weighted by atomic mass is 16.5. The minimum Gasteiger partial charge on any atom is -0.502 e. The Morgan fingerprint density at radius 2 is 2.00 bits per heavy atom. The van der Waals surface area contributed by atoms with Crippen LogP contribution in [-0.2, 0) is 9.53 Å². The van der Waals surface area contributed by atoms with Gasteiger partial charge in [0.1, 0.15) is 5.76 Å². The zero-order chi connectivity index (χ0) is 15.4. The lowest BCUT2D eigenvalue weighted by Gasteiger charge is -2.16. The standard InChI is InChI=1S/C16H16O5/c1-10-8-13(17)15(19)16(21-10)12(9-14(18)20-2)11-6-4-3-5-7-11/h3-8,12,19H,9H2,1-2H3/t12-/m0/s1. The van der Waals surface area contributed by atoms with Gasteiger partial charge in [0.15, 0.2) is 5.76 Å². The lowest BCUT2D eigenvalue weighted by atomic mass is 9.92. The monoisotopic (exact) mass is 288 g/mol. The number of rotatable bonds is 4. The summed E-state index contributed by atoms with van der Waals surface area (Å²) in [6, 6.07) is 10.3. The molecule has 0 aliphatic heterocycles. The van der Waals surface area contributed by atoms with Gasteiger partial charge in [0, 0.05) is 6.07 Å². The quantitative estimate of drug-likeness (QED) is 0.874. The Bertz CT molecular complexity index is 688. The number of esters is 1. The van der Waals surface area contributed by atoms with E-state index in [1.54, 1.807) is 19.1 Å². The van der Waals surface area contributed by atoms with E-state index in [2.05, 4.69) is 4.74 Å². The second kappa shape index (κ2) is 6.26. The number of aryl methyl sites for hydroxylation is 1. The largest absolute Gasteiger partial charge is 0.502 e. The van der Waals surface area contributed by atoms with Gasteiger partial charge in [0.2, 0.25) is 11.2 Å². The smallest absolute Gasteiger partial charge is 0.306 e. The van der Waals surface area contributed by atoms with Crippen LogP contribution in [0.4, 0.5) is 0 Å². The topological polar surface area (TPSA) is 76.7 Å². The zero-order valence-corrected chi connectivity index (χ0v) is 11.8. The molecule has 0 unspecified atom stereocenters. The fraction of sp³-hybridized carbons (Fsp3) is 0.250. The third-order valence-electron chi connectivity index (χ3n) is 3.19. The minimum absolute atomic E-state index is 0.0273. The van der Waals surface area contributed by atoms with Crippen LogP contribution in [0, 0.1) is 6.92 Å². The third-order valence-corrected chi connectivity index (χ3v) is 3.19. The summed E-state index contributed by atoms with van der Waals surface area (Å²) in [7, 11) is 1.29. The third kappa shape index (κ3) is 3.31. The van der Waals surface area contributed by atoms with Crippen molar-refractivity contribution in [3.8, 4) is 5.75 Å². The summed E-state index contributed by atoms with van der Waals surface area (Å²) < 4.78 is 10.2. The SMILES string of the molecule is COC(=O)C[C@@H](c1ccccc1)c1oc(C)cc(=O)c1O. The molecule has 0 radical (unpaired) electrons. The molecule has 5 heteroatoms. The molecule has 0 aliphatic rings. The van der Waals surface area contributed by atoms with Gasteiger partial charge in [-0.2, -0.15) is 0 Å². The van der Waals surface area contributed by atoms with Crippen LogP contribution in [-0.4, -0.2) is 18.2 Å². The van der Waals surface area contributed by atoms with Crippen molar-refractivity contribution in [2.75, 3.05) is 7.11 Å². The van der Waals surface area contributed by atoms with Crippen molar-refractivity contribution in [3.05, 3.63) is 63.7 Å². The van der Waals surface area contributed by atoms with Gasteiger partial charge in [-0.1, -0.05) is 30.3 Å². The minimum atomic E-state index is -0.578. The van der Waals surface area contributed by atoms with E-state index in [0.717, 1.165) is 5.56 Å². The Kier molecular flexibility index (Phi) is 4.42. The number of aromatic hydroxyl groups is 1. The Morgan fingerprint density at radius 3 is 2.62 bits per heavy atom. The molecule has 110 valence electrons. The van der Waals surface area contributed by atoms with Gasteiger partial charge in [-0.15, -0.1) is 0 Å².